The lowest BCUT2D eigenvalue weighted by atomic mass is 10.1. The Morgan fingerprint density at radius 3 is 2.89 bits per heavy atom. The number of aromatic nitrogens is 1. The van der Waals surface area contributed by atoms with Gasteiger partial charge in [0.2, 0.25) is 0 Å². The molecule has 2 rings (SSSR count). The van der Waals surface area contributed by atoms with Crippen molar-refractivity contribution in [3.63, 3.8) is 0 Å². The number of carboxylic acid groups (broad SMARTS) is 1. The zero-order valence-corrected chi connectivity index (χ0v) is 10.4. The Morgan fingerprint density at radius 1 is 1.61 bits per heavy atom. The van der Waals surface area contributed by atoms with Crippen LogP contribution in [0.4, 0.5) is 5.69 Å². The number of thioether (sulfide) groups is 1. The molecule has 6 nitrogen and oxygen atoms in total. The Labute approximate surface area is 108 Å². The lowest BCUT2D eigenvalue weighted by Gasteiger charge is -2.11. The van der Waals surface area contributed by atoms with Gasteiger partial charge in [-0.05, 0) is 24.3 Å². The summed E-state index contributed by atoms with van der Waals surface area (Å²) in [4.78, 5) is 25.3. The molecule has 0 saturated heterocycles. The van der Waals surface area contributed by atoms with Crippen LogP contribution in [0.2, 0.25) is 0 Å². The second-order valence-electron chi connectivity index (χ2n) is 4.46. The van der Waals surface area contributed by atoms with Gasteiger partial charge in [-0.25, -0.2) is 0 Å². The van der Waals surface area contributed by atoms with Gasteiger partial charge in [0.1, 0.15) is 6.20 Å². The summed E-state index contributed by atoms with van der Waals surface area (Å²) >= 11 is 1.34. The summed E-state index contributed by atoms with van der Waals surface area (Å²) in [6.07, 6.45) is 4.63. The summed E-state index contributed by atoms with van der Waals surface area (Å²) in [6.45, 7) is 0. The van der Waals surface area contributed by atoms with E-state index in [0.717, 1.165) is 12.8 Å². The fraction of sp³-hybridized carbons (Fsp3) is 0.455. The molecule has 0 amide bonds. The molecule has 0 bridgehead atoms. The zero-order chi connectivity index (χ0) is 13.2. The van der Waals surface area contributed by atoms with Crippen LogP contribution in [0, 0.1) is 15.5 Å². The van der Waals surface area contributed by atoms with Crippen LogP contribution in [0.15, 0.2) is 23.4 Å². The summed E-state index contributed by atoms with van der Waals surface area (Å²) in [5, 5.41) is 19.6. The third-order valence-electron chi connectivity index (χ3n) is 2.98. The van der Waals surface area contributed by atoms with Crippen molar-refractivity contribution in [1.82, 2.24) is 4.98 Å². The molecular weight excluding hydrogens is 256 g/mol. The van der Waals surface area contributed by atoms with Gasteiger partial charge in [-0.3, -0.25) is 19.9 Å². The first-order valence-corrected chi connectivity index (χ1v) is 6.44. The predicted octanol–water partition coefficient (Wildman–Crippen LogP) is 2.34. The molecule has 1 N–H and O–H groups in total. The van der Waals surface area contributed by atoms with E-state index < -0.39 is 10.9 Å². The second kappa shape index (κ2) is 4.93. The van der Waals surface area contributed by atoms with E-state index in [1.165, 1.54) is 24.2 Å². The van der Waals surface area contributed by atoms with E-state index in [9.17, 15) is 14.9 Å². The number of aliphatic carboxylic acids is 1. The number of hydrogen-bond donors (Lipinski definition) is 1. The molecule has 0 spiro atoms. The zero-order valence-electron chi connectivity index (χ0n) is 9.54. The predicted molar refractivity (Wildman–Crippen MR) is 65.5 cm³/mol. The van der Waals surface area contributed by atoms with Gasteiger partial charge >= 0.3 is 11.7 Å². The van der Waals surface area contributed by atoms with Crippen LogP contribution in [0.25, 0.3) is 0 Å². The summed E-state index contributed by atoms with van der Waals surface area (Å²) in [6, 6.07) is 1.60. The highest BCUT2D eigenvalue weighted by molar-refractivity contribution is 7.99. The first-order chi connectivity index (χ1) is 8.52. The van der Waals surface area contributed by atoms with E-state index in [-0.39, 0.29) is 17.5 Å². The monoisotopic (exact) mass is 268 g/mol. The number of pyridine rings is 1. The quantitative estimate of drug-likeness (QED) is 0.483. The van der Waals surface area contributed by atoms with Crippen LogP contribution < -0.4 is 0 Å². The number of nitro groups is 1. The van der Waals surface area contributed by atoms with Crippen molar-refractivity contribution in [1.29, 1.82) is 0 Å². The molecule has 1 aliphatic carbocycles. The van der Waals surface area contributed by atoms with Gasteiger partial charge < -0.3 is 5.11 Å². The highest BCUT2D eigenvalue weighted by atomic mass is 32.2. The highest BCUT2D eigenvalue weighted by Gasteiger charge is 2.44. The minimum atomic E-state index is -0.808. The van der Waals surface area contributed by atoms with Gasteiger partial charge in [-0.1, -0.05) is 0 Å². The number of nitrogens with zero attached hydrogens (tertiary/aromatic N) is 2. The highest BCUT2D eigenvalue weighted by Crippen LogP contribution is 2.52. The number of carboxylic acids is 1. The van der Waals surface area contributed by atoms with Crippen LogP contribution in [0.5, 0.6) is 0 Å². The van der Waals surface area contributed by atoms with Crippen molar-refractivity contribution in [2.75, 3.05) is 5.75 Å². The summed E-state index contributed by atoms with van der Waals surface area (Å²) in [5.41, 5.74) is -0.193. The van der Waals surface area contributed by atoms with E-state index in [4.69, 9.17) is 5.11 Å². The number of hydrogen-bond acceptors (Lipinski definition) is 5. The standard InChI is InChI=1S/C11H12N2O4S/c14-10(15)5-11(2-3-11)7-18-9-1-4-12-6-8(9)13(16)17/h1,4,6H,2-3,5,7H2,(H,14,15). The maximum absolute atomic E-state index is 10.8. The Balaban J connectivity index is 2.03. The van der Waals surface area contributed by atoms with Crippen molar-refractivity contribution in [3.8, 4) is 0 Å². The third kappa shape index (κ3) is 2.98. The van der Waals surface area contributed by atoms with Gasteiger partial charge in [0.05, 0.1) is 16.2 Å². The smallest absolute Gasteiger partial charge is 0.303 e. The lowest BCUT2D eigenvalue weighted by molar-refractivity contribution is -0.388. The van der Waals surface area contributed by atoms with Crippen LogP contribution in [-0.4, -0.2) is 26.7 Å². The van der Waals surface area contributed by atoms with Crippen LogP contribution in [0.1, 0.15) is 19.3 Å². The number of rotatable bonds is 6. The summed E-state index contributed by atoms with van der Waals surface area (Å²) < 4.78 is 0. The van der Waals surface area contributed by atoms with Crippen molar-refractivity contribution < 1.29 is 14.8 Å². The molecule has 0 aliphatic heterocycles. The first kappa shape index (κ1) is 12.8. The molecule has 0 radical (unpaired) electrons. The minimum absolute atomic E-state index is 0.0198. The second-order valence-corrected chi connectivity index (χ2v) is 5.48. The molecule has 1 aliphatic rings. The molecule has 18 heavy (non-hydrogen) atoms. The average molecular weight is 268 g/mol. The van der Waals surface area contributed by atoms with Gasteiger partial charge in [0.25, 0.3) is 0 Å². The maximum atomic E-state index is 10.8. The Morgan fingerprint density at radius 2 is 2.33 bits per heavy atom. The maximum Gasteiger partial charge on any atom is 0.303 e. The van der Waals surface area contributed by atoms with Crippen LogP contribution in [-0.2, 0) is 4.79 Å². The SMILES string of the molecule is O=C(O)CC1(CSc2ccncc2[N+](=O)[O-])CC1. The molecule has 0 atom stereocenters. The van der Waals surface area contributed by atoms with E-state index in [1.54, 1.807) is 6.07 Å². The van der Waals surface area contributed by atoms with Crippen molar-refractivity contribution >= 4 is 23.4 Å². The molecule has 0 aromatic carbocycles. The van der Waals surface area contributed by atoms with Crippen LogP contribution in [0.3, 0.4) is 0 Å². The van der Waals surface area contributed by atoms with Crippen molar-refractivity contribution in [2.24, 2.45) is 5.41 Å². The van der Waals surface area contributed by atoms with Crippen molar-refractivity contribution in [3.05, 3.63) is 28.6 Å². The van der Waals surface area contributed by atoms with Gasteiger partial charge in [-0.2, -0.15) is 0 Å². The molecule has 96 valence electrons. The van der Waals surface area contributed by atoms with E-state index in [1.807, 2.05) is 0 Å². The number of carbonyl (C=O) groups is 1. The summed E-state index contributed by atoms with van der Waals surface area (Å²) in [7, 11) is 0. The Hall–Kier alpha value is -1.63. The van der Waals surface area contributed by atoms with Gasteiger partial charge in [0, 0.05) is 11.9 Å². The normalized spacial score (nSPS) is 16.2. The molecule has 1 heterocycles. The van der Waals surface area contributed by atoms with Crippen molar-refractivity contribution in [2.45, 2.75) is 24.2 Å². The van der Waals surface area contributed by atoms with E-state index in [2.05, 4.69) is 4.98 Å². The molecule has 1 saturated carbocycles. The first-order valence-electron chi connectivity index (χ1n) is 5.45. The van der Waals surface area contributed by atoms with E-state index >= 15 is 0 Å². The molecular formula is C11H12N2O4S. The Bertz CT molecular complexity index is 488. The third-order valence-corrected chi connectivity index (χ3v) is 4.39. The molecule has 7 heteroatoms. The lowest BCUT2D eigenvalue weighted by Crippen LogP contribution is -2.11. The Kier molecular flexibility index (Phi) is 3.51. The topological polar surface area (TPSA) is 93.3 Å². The van der Waals surface area contributed by atoms with Gasteiger partial charge in [0.15, 0.2) is 0 Å². The molecule has 1 fully saturated rings. The molecule has 0 unspecified atom stereocenters. The average Bonchev–Trinajstić information content (AvgIpc) is 3.06. The fourth-order valence-corrected chi connectivity index (χ4v) is 3.02. The fourth-order valence-electron chi connectivity index (χ4n) is 1.73. The van der Waals surface area contributed by atoms with Gasteiger partial charge in [-0.15, -0.1) is 11.8 Å². The molecule has 1 aromatic rings. The van der Waals surface area contributed by atoms with Crippen LogP contribution >= 0.6 is 11.8 Å². The summed E-state index contributed by atoms with van der Waals surface area (Å²) in [5.74, 6) is -0.207. The molecule has 1 aromatic heterocycles. The minimum Gasteiger partial charge on any atom is -0.481 e. The van der Waals surface area contributed by atoms with E-state index in [0.29, 0.717) is 10.6 Å². The largest absolute Gasteiger partial charge is 0.481 e.